The Morgan fingerprint density at radius 1 is 1.00 bits per heavy atom. The highest BCUT2D eigenvalue weighted by atomic mass is 16.7. The van der Waals surface area contributed by atoms with Crippen LogP contribution in [0.5, 0.6) is 5.75 Å². The van der Waals surface area contributed by atoms with Crippen LogP contribution < -0.4 is 9.64 Å². The molecule has 1 aromatic carbocycles. The van der Waals surface area contributed by atoms with Crippen molar-refractivity contribution in [1.82, 2.24) is 4.98 Å². The summed E-state index contributed by atoms with van der Waals surface area (Å²) in [6.07, 6.45) is 6.02. The Morgan fingerprint density at radius 2 is 1.71 bits per heavy atom. The first-order valence-corrected chi connectivity index (χ1v) is 7.36. The third-order valence-electron chi connectivity index (χ3n) is 3.74. The summed E-state index contributed by atoms with van der Waals surface area (Å²) in [7, 11) is 0. The van der Waals surface area contributed by atoms with E-state index in [4.69, 9.17) is 9.47 Å². The molecular weight excluding hydrogens is 264 g/mol. The molecule has 0 radical (unpaired) electrons. The van der Waals surface area contributed by atoms with Crippen LogP contribution in [-0.2, 0) is 4.74 Å². The predicted molar refractivity (Wildman–Crippen MR) is 82.5 cm³/mol. The van der Waals surface area contributed by atoms with Gasteiger partial charge in [-0.05, 0) is 37.1 Å². The Hall–Kier alpha value is -2.07. The van der Waals surface area contributed by atoms with Gasteiger partial charge >= 0.3 is 0 Å². The van der Waals surface area contributed by atoms with E-state index in [0.29, 0.717) is 6.79 Å². The molecule has 0 aliphatic carbocycles. The zero-order valence-corrected chi connectivity index (χ0v) is 12.0. The summed E-state index contributed by atoms with van der Waals surface area (Å²) in [5.74, 6) is 0.853. The van der Waals surface area contributed by atoms with Crippen LogP contribution in [0.4, 0.5) is 5.69 Å². The molecule has 0 spiro atoms. The SMILES string of the molecule is c1ccc(OCOC2CCN(c3ccncc3)CC2)cc1. The van der Waals surface area contributed by atoms with E-state index in [1.165, 1.54) is 5.69 Å². The van der Waals surface area contributed by atoms with E-state index >= 15 is 0 Å². The van der Waals surface area contributed by atoms with E-state index in [1.807, 2.05) is 42.7 Å². The summed E-state index contributed by atoms with van der Waals surface area (Å²) in [6, 6.07) is 13.9. The van der Waals surface area contributed by atoms with Gasteiger partial charge in [0.15, 0.2) is 6.79 Å². The number of hydrogen-bond donors (Lipinski definition) is 0. The van der Waals surface area contributed by atoms with Gasteiger partial charge in [-0.3, -0.25) is 4.98 Å². The second-order valence-corrected chi connectivity index (χ2v) is 5.13. The quantitative estimate of drug-likeness (QED) is 0.790. The summed E-state index contributed by atoms with van der Waals surface area (Å²) in [5.41, 5.74) is 1.24. The van der Waals surface area contributed by atoms with Crippen molar-refractivity contribution in [3.63, 3.8) is 0 Å². The molecule has 0 bridgehead atoms. The van der Waals surface area contributed by atoms with Gasteiger partial charge in [0.05, 0.1) is 6.10 Å². The molecule has 0 atom stereocenters. The maximum Gasteiger partial charge on any atom is 0.189 e. The Bertz CT molecular complexity index is 522. The largest absolute Gasteiger partial charge is 0.468 e. The lowest BCUT2D eigenvalue weighted by atomic mass is 10.1. The highest BCUT2D eigenvalue weighted by molar-refractivity contribution is 5.44. The fourth-order valence-corrected chi connectivity index (χ4v) is 2.55. The van der Waals surface area contributed by atoms with Crippen molar-refractivity contribution in [3.8, 4) is 5.75 Å². The molecule has 2 aromatic rings. The summed E-state index contributed by atoms with van der Waals surface area (Å²) in [5, 5.41) is 0. The highest BCUT2D eigenvalue weighted by Gasteiger charge is 2.19. The van der Waals surface area contributed by atoms with Gasteiger partial charge in [0, 0.05) is 31.2 Å². The Kier molecular flexibility index (Phi) is 4.69. The fourth-order valence-electron chi connectivity index (χ4n) is 2.55. The number of piperidine rings is 1. The van der Waals surface area contributed by atoms with Crippen molar-refractivity contribution in [2.24, 2.45) is 0 Å². The average Bonchev–Trinajstić information content (AvgIpc) is 2.57. The van der Waals surface area contributed by atoms with Crippen LogP contribution in [0.25, 0.3) is 0 Å². The van der Waals surface area contributed by atoms with Gasteiger partial charge in [-0.15, -0.1) is 0 Å². The predicted octanol–water partition coefficient (Wildman–Crippen LogP) is 3.10. The average molecular weight is 284 g/mol. The van der Waals surface area contributed by atoms with E-state index in [-0.39, 0.29) is 6.10 Å². The Morgan fingerprint density at radius 3 is 2.43 bits per heavy atom. The number of pyridine rings is 1. The van der Waals surface area contributed by atoms with Crippen molar-refractivity contribution in [3.05, 3.63) is 54.9 Å². The molecule has 1 aliphatic heterocycles. The topological polar surface area (TPSA) is 34.6 Å². The number of anilines is 1. The van der Waals surface area contributed by atoms with Gasteiger partial charge in [0.2, 0.25) is 0 Å². The highest BCUT2D eigenvalue weighted by Crippen LogP contribution is 2.20. The first kappa shape index (κ1) is 13.9. The van der Waals surface area contributed by atoms with Crippen molar-refractivity contribution >= 4 is 5.69 Å². The van der Waals surface area contributed by atoms with Crippen molar-refractivity contribution in [2.45, 2.75) is 18.9 Å². The molecule has 1 fully saturated rings. The van der Waals surface area contributed by atoms with Crippen LogP contribution in [0.3, 0.4) is 0 Å². The lowest BCUT2D eigenvalue weighted by Gasteiger charge is -2.33. The van der Waals surface area contributed by atoms with E-state index in [1.54, 1.807) is 0 Å². The third-order valence-corrected chi connectivity index (χ3v) is 3.74. The number of benzene rings is 1. The van der Waals surface area contributed by atoms with E-state index in [0.717, 1.165) is 31.7 Å². The number of rotatable bonds is 5. The minimum Gasteiger partial charge on any atom is -0.468 e. The Balaban J connectivity index is 1.40. The van der Waals surface area contributed by atoms with E-state index in [2.05, 4.69) is 22.0 Å². The van der Waals surface area contributed by atoms with Crippen LogP contribution in [0.15, 0.2) is 54.9 Å². The zero-order chi connectivity index (χ0) is 14.3. The van der Waals surface area contributed by atoms with Crippen molar-refractivity contribution in [1.29, 1.82) is 0 Å². The second-order valence-electron chi connectivity index (χ2n) is 5.13. The normalized spacial score (nSPS) is 15.9. The molecule has 110 valence electrons. The number of aromatic nitrogens is 1. The first-order chi connectivity index (χ1) is 10.4. The summed E-state index contributed by atoms with van der Waals surface area (Å²) < 4.78 is 11.4. The molecule has 0 N–H and O–H groups in total. The van der Waals surface area contributed by atoms with Crippen LogP contribution >= 0.6 is 0 Å². The third kappa shape index (κ3) is 3.95. The standard InChI is InChI=1S/C17H20N2O2/c1-2-4-16(5-3-1)20-14-21-17-8-12-19(13-9-17)15-6-10-18-11-7-15/h1-7,10-11,17H,8-9,12-14H2. The zero-order valence-electron chi connectivity index (χ0n) is 12.0. The van der Waals surface area contributed by atoms with Crippen LogP contribution in [0.2, 0.25) is 0 Å². The van der Waals surface area contributed by atoms with Gasteiger partial charge in [0.1, 0.15) is 5.75 Å². The molecule has 21 heavy (non-hydrogen) atoms. The van der Waals surface area contributed by atoms with E-state index < -0.39 is 0 Å². The first-order valence-electron chi connectivity index (χ1n) is 7.36. The van der Waals surface area contributed by atoms with Crippen LogP contribution in [0, 0.1) is 0 Å². The smallest absolute Gasteiger partial charge is 0.189 e. The van der Waals surface area contributed by atoms with E-state index in [9.17, 15) is 0 Å². The van der Waals surface area contributed by atoms with Gasteiger partial charge in [-0.1, -0.05) is 18.2 Å². The fraction of sp³-hybridized carbons (Fsp3) is 0.353. The minimum atomic E-state index is 0.284. The molecule has 0 unspecified atom stereocenters. The lowest BCUT2D eigenvalue weighted by Crippen LogP contribution is -2.37. The Labute approximate surface area is 125 Å². The molecule has 2 heterocycles. The minimum absolute atomic E-state index is 0.284. The number of nitrogens with zero attached hydrogens (tertiary/aromatic N) is 2. The van der Waals surface area contributed by atoms with Crippen LogP contribution in [-0.4, -0.2) is 31.0 Å². The van der Waals surface area contributed by atoms with Crippen molar-refractivity contribution in [2.75, 3.05) is 24.8 Å². The molecule has 4 nitrogen and oxygen atoms in total. The molecule has 0 saturated carbocycles. The molecule has 0 amide bonds. The second kappa shape index (κ2) is 7.09. The van der Waals surface area contributed by atoms with Gasteiger partial charge < -0.3 is 14.4 Å². The summed E-state index contributed by atoms with van der Waals surface area (Å²) >= 11 is 0. The maximum atomic E-state index is 5.81. The number of hydrogen-bond acceptors (Lipinski definition) is 4. The lowest BCUT2D eigenvalue weighted by molar-refractivity contribution is -0.0447. The van der Waals surface area contributed by atoms with Crippen molar-refractivity contribution < 1.29 is 9.47 Å². The monoisotopic (exact) mass is 284 g/mol. The summed E-state index contributed by atoms with van der Waals surface area (Å²) in [6.45, 7) is 2.35. The molecule has 4 heteroatoms. The molecule has 1 aliphatic rings. The molecular formula is C17H20N2O2. The van der Waals surface area contributed by atoms with Gasteiger partial charge in [0.25, 0.3) is 0 Å². The van der Waals surface area contributed by atoms with Crippen LogP contribution in [0.1, 0.15) is 12.8 Å². The number of para-hydroxylation sites is 1. The molecule has 3 rings (SSSR count). The summed E-state index contributed by atoms with van der Waals surface area (Å²) in [4.78, 5) is 6.43. The van der Waals surface area contributed by atoms with Gasteiger partial charge in [-0.25, -0.2) is 0 Å². The molecule has 1 aromatic heterocycles. The molecule has 1 saturated heterocycles. The van der Waals surface area contributed by atoms with Gasteiger partial charge in [-0.2, -0.15) is 0 Å². The number of ether oxygens (including phenoxy) is 2. The maximum absolute atomic E-state index is 5.81.